The van der Waals surface area contributed by atoms with Gasteiger partial charge in [-0.1, -0.05) is 11.2 Å². The largest absolute Gasteiger partial charge is 0.437 e. The number of benzene rings is 1. The van der Waals surface area contributed by atoms with E-state index in [2.05, 4.69) is 15.4 Å². The summed E-state index contributed by atoms with van der Waals surface area (Å²) >= 11 is 0. The van der Waals surface area contributed by atoms with Crippen LogP contribution in [0.4, 0.5) is 0 Å². The van der Waals surface area contributed by atoms with Gasteiger partial charge in [0, 0.05) is 11.8 Å². The van der Waals surface area contributed by atoms with E-state index in [9.17, 15) is 0 Å². The molecule has 1 heterocycles. The zero-order valence-electron chi connectivity index (χ0n) is 10.1. The minimum atomic E-state index is -0.00254. The number of H-pyrrole nitrogens is 1. The van der Waals surface area contributed by atoms with E-state index in [1.54, 1.807) is 18.2 Å². The molecule has 94 valence electrons. The van der Waals surface area contributed by atoms with Crippen LogP contribution in [0.3, 0.4) is 0 Å². The summed E-state index contributed by atoms with van der Waals surface area (Å²) in [5.74, 6) is 0.930. The van der Waals surface area contributed by atoms with E-state index in [4.69, 9.17) is 15.7 Å². The minimum absolute atomic E-state index is 0.00254. The molecule has 0 fully saturated rings. The smallest absolute Gasteiger partial charge is 0.238 e. The fraction of sp³-hybridized carbons (Fsp3) is 0.167. The maximum Gasteiger partial charge on any atom is 0.238 e. The molecule has 0 unspecified atom stereocenters. The molecular weight excluding hydrogens is 232 g/mol. The van der Waals surface area contributed by atoms with Crippen LogP contribution in [0.25, 0.3) is 0 Å². The highest BCUT2D eigenvalue weighted by Crippen LogP contribution is 2.25. The van der Waals surface area contributed by atoms with Crippen LogP contribution in [-0.2, 0) is 0 Å². The van der Waals surface area contributed by atoms with E-state index in [1.807, 2.05) is 19.9 Å². The zero-order valence-corrected chi connectivity index (χ0v) is 10.1. The van der Waals surface area contributed by atoms with Crippen LogP contribution in [0.5, 0.6) is 11.6 Å². The van der Waals surface area contributed by atoms with Crippen molar-refractivity contribution in [1.29, 1.82) is 0 Å². The molecule has 0 saturated heterocycles. The van der Waals surface area contributed by atoms with Gasteiger partial charge in [-0.25, -0.2) is 0 Å². The highest BCUT2D eigenvalue weighted by molar-refractivity contribution is 5.99. The molecule has 0 aliphatic rings. The Morgan fingerprint density at radius 2 is 2.17 bits per heavy atom. The first kappa shape index (κ1) is 12.0. The Morgan fingerprint density at radius 1 is 1.39 bits per heavy atom. The van der Waals surface area contributed by atoms with Crippen molar-refractivity contribution in [2.24, 2.45) is 10.9 Å². The second-order valence-corrected chi connectivity index (χ2v) is 3.98. The molecule has 0 saturated carbocycles. The molecule has 1 aromatic carbocycles. The lowest BCUT2D eigenvalue weighted by Crippen LogP contribution is -2.14. The second-order valence-electron chi connectivity index (χ2n) is 3.98. The number of oxime groups is 1. The Bertz CT molecular complexity index is 590. The quantitative estimate of drug-likeness (QED) is 0.333. The monoisotopic (exact) mass is 246 g/mol. The van der Waals surface area contributed by atoms with E-state index >= 15 is 0 Å². The van der Waals surface area contributed by atoms with Crippen LogP contribution < -0.4 is 10.5 Å². The van der Waals surface area contributed by atoms with E-state index in [1.165, 1.54) is 0 Å². The lowest BCUT2D eigenvalue weighted by atomic mass is 10.1. The summed E-state index contributed by atoms with van der Waals surface area (Å²) in [5.41, 5.74) is 8.01. The Labute approximate surface area is 104 Å². The van der Waals surface area contributed by atoms with Crippen molar-refractivity contribution in [3.63, 3.8) is 0 Å². The fourth-order valence-corrected chi connectivity index (χ4v) is 1.54. The summed E-state index contributed by atoms with van der Waals surface area (Å²) in [6.07, 6.45) is 0. The van der Waals surface area contributed by atoms with Gasteiger partial charge in [0.1, 0.15) is 5.75 Å². The molecule has 0 aliphatic carbocycles. The predicted molar refractivity (Wildman–Crippen MR) is 67.1 cm³/mol. The van der Waals surface area contributed by atoms with Crippen molar-refractivity contribution >= 4 is 5.84 Å². The average Bonchev–Trinajstić information content (AvgIpc) is 2.74. The molecule has 0 spiro atoms. The van der Waals surface area contributed by atoms with Gasteiger partial charge >= 0.3 is 0 Å². The number of ether oxygens (including phenoxy) is 1. The Kier molecular flexibility index (Phi) is 3.18. The first-order chi connectivity index (χ1) is 8.60. The van der Waals surface area contributed by atoms with Crippen molar-refractivity contribution in [1.82, 2.24) is 10.2 Å². The number of hydrogen-bond acceptors (Lipinski definition) is 4. The van der Waals surface area contributed by atoms with Crippen LogP contribution >= 0.6 is 0 Å². The minimum Gasteiger partial charge on any atom is -0.437 e. The molecule has 2 rings (SSSR count). The maximum absolute atomic E-state index is 8.74. The van der Waals surface area contributed by atoms with Crippen molar-refractivity contribution in [3.05, 3.63) is 41.1 Å². The molecule has 1 aromatic heterocycles. The Hall–Kier alpha value is -2.50. The van der Waals surface area contributed by atoms with Gasteiger partial charge in [0.2, 0.25) is 5.88 Å². The van der Waals surface area contributed by atoms with Crippen molar-refractivity contribution in [2.75, 3.05) is 0 Å². The number of nitrogens with zero attached hydrogens (tertiary/aromatic N) is 2. The van der Waals surface area contributed by atoms with Crippen molar-refractivity contribution in [2.45, 2.75) is 13.8 Å². The van der Waals surface area contributed by atoms with Gasteiger partial charge < -0.3 is 15.7 Å². The van der Waals surface area contributed by atoms with E-state index in [-0.39, 0.29) is 5.84 Å². The van der Waals surface area contributed by atoms with Crippen LogP contribution in [0, 0.1) is 13.8 Å². The molecule has 2 aromatic rings. The van der Waals surface area contributed by atoms with Gasteiger partial charge in [-0.3, -0.25) is 5.10 Å². The molecule has 0 radical (unpaired) electrons. The molecule has 0 aliphatic heterocycles. The molecule has 4 N–H and O–H groups in total. The summed E-state index contributed by atoms with van der Waals surface area (Å²) in [4.78, 5) is 0. The summed E-state index contributed by atoms with van der Waals surface area (Å²) < 4.78 is 5.62. The number of nitrogens with one attached hydrogen (secondary N) is 1. The zero-order chi connectivity index (χ0) is 13.1. The lowest BCUT2D eigenvalue weighted by molar-refractivity contribution is 0.318. The predicted octanol–water partition coefficient (Wildman–Crippen LogP) is 1.91. The summed E-state index contributed by atoms with van der Waals surface area (Å²) in [6.45, 7) is 3.80. The SMILES string of the molecule is Cc1ccc(/C(N)=N/O)c(Oc2cc(C)[nH]n2)c1. The molecule has 18 heavy (non-hydrogen) atoms. The van der Waals surface area contributed by atoms with Crippen LogP contribution in [0.1, 0.15) is 16.8 Å². The highest BCUT2D eigenvalue weighted by atomic mass is 16.5. The second kappa shape index (κ2) is 4.79. The van der Waals surface area contributed by atoms with Gasteiger partial charge in [-0.05, 0) is 31.5 Å². The normalized spacial score (nSPS) is 11.6. The maximum atomic E-state index is 8.74. The summed E-state index contributed by atoms with van der Waals surface area (Å²) in [7, 11) is 0. The number of aromatic amines is 1. The third-order valence-electron chi connectivity index (χ3n) is 2.42. The van der Waals surface area contributed by atoms with Gasteiger partial charge in [0.05, 0.1) is 5.56 Å². The number of rotatable bonds is 3. The Morgan fingerprint density at radius 3 is 2.78 bits per heavy atom. The summed E-state index contributed by atoms with van der Waals surface area (Å²) in [6, 6.07) is 7.16. The van der Waals surface area contributed by atoms with Crippen molar-refractivity contribution < 1.29 is 9.94 Å². The average molecular weight is 246 g/mol. The Balaban J connectivity index is 2.39. The lowest BCUT2D eigenvalue weighted by Gasteiger charge is -2.08. The van der Waals surface area contributed by atoms with Crippen LogP contribution in [0.2, 0.25) is 0 Å². The first-order valence-corrected chi connectivity index (χ1v) is 5.38. The standard InChI is InChI=1S/C12H14N4O2/c1-7-3-4-9(12(13)16-17)10(5-7)18-11-6-8(2)14-15-11/h3-6,17H,1-2H3,(H2,13,16)(H,14,15). The number of nitrogens with two attached hydrogens (primary N) is 1. The van der Waals surface area contributed by atoms with E-state index in [0.717, 1.165) is 11.3 Å². The topological polar surface area (TPSA) is 96.5 Å². The third-order valence-corrected chi connectivity index (χ3v) is 2.42. The third kappa shape index (κ3) is 2.42. The molecule has 0 bridgehead atoms. The number of aromatic nitrogens is 2. The van der Waals surface area contributed by atoms with E-state index in [0.29, 0.717) is 17.2 Å². The van der Waals surface area contributed by atoms with Crippen LogP contribution in [0.15, 0.2) is 29.4 Å². The van der Waals surface area contributed by atoms with Gasteiger partial charge in [-0.15, -0.1) is 5.10 Å². The molecule has 6 heteroatoms. The summed E-state index contributed by atoms with van der Waals surface area (Å²) in [5, 5.41) is 18.5. The molecular formula is C12H14N4O2. The molecule has 0 atom stereocenters. The first-order valence-electron chi connectivity index (χ1n) is 5.38. The van der Waals surface area contributed by atoms with Gasteiger partial charge in [-0.2, -0.15) is 0 Å². The van der Waals surface area contributed by atoms with Gasteiger partial charge in [0.25, 0.3) is 0 Å². The number of hydrogen-bond donors (Lipinski definition) is 3. The van der Waals surface area contributed by atoms with Crippen LogP contribution in [-0.4, -0.2) is 21.2 Å². The van der Waals surface area contributed by atoms with Crippen molar-refractivity contribution in [3.8, 4) is 11.6 Å². The fourth-order valence-electron chi connectivity index (χ4n) is 1.54. The van der Waals surface area contributed by atoms with E-state index < -0.39 is 0 Å². The van der Waals surface area contributed by atoms with Gasteiger partial charge in [0.15, 0.2) is 5.84 Å². The molecule has 6 nitrogen and oxygen atoms in total. The highest BCUT2D eigenvalue weighted by Gasteiger charge is 2.11. The molecule has 0 amide bonds. The number of aryl methyl sites for hydroxylation is 2. The number of amidine groups is 1.